The van der Waals surface area contributed by atoms with E-state index in [0.29, 0.717) is 0 Å². The van der Waals surface area contributed by atoms with Crippen LogP contribution >= 0.6 is 0 Å². The smallest absolute Gasteiger partial charge is 0.0104 e. The third kappa shape index (κ3) is 5.29. The van der Waals surface area contributed by atoms with Gasteiger partial charge in [0.1, 0.15) is 0 Å². The summed E-state index contributed by atoms with van der Waals surface area (Å²) >= 11 is 0. The molecule has 0 unspecified atom stereocenters. The predicted molar refractivity (Wildman–Crippen MR) is 70.9 cm³/mol. The Morgan fingerprint density at radius 3 is 2.44 bits per heavy atom. The molecule has 16 heavy (non-hydrogen) atoms. The van der Waals surface area contributed by atoms with E-state index in [0.717, 1.165) is 32.6 Å². The number of rotatable bonds is 7. The molecule has 0 saturated heterocycles. The topological polar surface area (TPSA) is 15.3 Å². The molecule has 1 rings (SSSR count). The second-order valence-electron chi connectivity index (χ2n) is 4.39. The third-order valence-electron chi connectivity index (χ3n) is 2.82. The van der Waals surface area contributed by atoms with Gasteiger partial charge < -0.3 is 10.2 Å². The summed E-state index contributed by atoms with van der Waals surface area (Å²) in [6, 6.07) is 8.84. The molecule has 0 spiro atoms. The van der Waals surface area contributed by atoms with Crippen LogP contribution in [0.15, 0.2) is 24.3 Å². The van der Waals surface area contributed by atoms with E-state index in [1.807, 2.05) is 0 Å². The fourth-order valence-electron chi connectivity index (χ4n) is 1.63. The molecular formula is C14H24N2. The van der Waals surface area contributed by atoms with Crippen molar-refractivity contribution in [3.63, 3.8) is 0 Å². The van der Waals surface area contributed by atoms with Crippen LogP contribution in [0, 0.1) is 6.92 Å². The molecule has 0 atom stereocenters. The van der Waals surface area contributed by atoms with E-state index < -0.39 is 0 Å². The standard InChI is InChI=1S/C14H24N2/c1-4-15-10-12-16(3)11-9-14-7-5-13(2)6-8-14/h5-8,15H,4,9-12H2,1-3H3. The molecule has 0 bridgehead atoms. The summed E-state index contributed by atoms with van der Waals surface area (Å²) in [7, 11) is 2.19. The summed E-state index contributed by atoms with van der Waals surface area (Å²) < 4.78 is 0. The van der Waals surface area contributed by atoms with Crippen LogP contribution in [0.3, 0.4) is 0 Å². The Kier molecular flexibility index (Phi) is 6.12. The predicted octanol–water partition coefficient (Wildman–Crippen LogP) is 2.08. The molecule has 0 heterocycles. The summed E-state index contributed by atoms with van der Waals surface area (Å²) in [5, 5.41) is 3.34. The Labute approximate surface area is 99.7 Å². The molecule has 0 aliphatic heterocycles. The first kappa shape index (κ1) is 13.2. The van der Waals surface area contributed by atoms with E-state index in [-0.39, 0.29) is 0 Å². The first-order valence-corrected chi connectivity index (χ1v) is 6.17. The first-order valence-electron chi connectivity index (χ1n) is 6.17. The van der Waals surface area contributed by atoms with E-state index >= 15 is 0 Å². The molecule has 0 saturated carbocycles. The van der Waals surface area contributed by atoms with E-state index in [2.05, 4.69) is 55.4 Å². The zero-order chi connectivity index (χ0) is 11.8. The molecule has 0 aliphatic rings. The van der Waals surface area contributed by atoms with Gasteiger partial charge in [0.25, 0.3) is 0 Å². The Morgan fingerprint density at radius 1 is 1.12 bits per heavy atom. The lowest BCUT2D eigenvalue weighted by Gasteiger charge is -2.16. The fourth-order valence-corrected chi connectivity index (χ4v) is 1.63. The molecule has 1 N–H and O–H groups in total. The summed E-state index contributed by atoms with van der Waals surface area (Å²) in [5.41, 5.74) is 2.77. The van der Waals surface area contributed by atoms with Crippen molar-refractivity contribution in [1.82, 2.24) is 10.2 Å². The van der Waals surface area contributed by atoms with Gasteiger partial charge in [-0.3, -0.25) is 0 Å². The van der Waals surface area contributed by atoms with Crippen molar-refractivity contribution in [2.45, 2.75) is 20.3 Å². The molecule has 0 aromatic heterocycles. The second-order valence-corrected chi connectivity index (χ2v) is 4.39. The third-order valence-corrected chi connectivity index (χ3v) is 2.82. The average molecular weight is 220 g/mol. The van der Waals surface area contributed by atoms with Crippen molar-refractivity contribution in [3.8, 4) is 0 Å². The first-order chi connectivity index (χ1) is 7.72. The lowest BCUT2D eigenvalue weighted by atomic mass is 10.1. The number of hydrogen-bond acceptors (Lipinski definition) is 2. The second kappa shape index (κ2) is 7.42. The molecule has 1 aromatic rings. The normalized spacial score (nSPS) is 11.0. The molecule has 1 aromatic carbocycles. The summed E-state index contributed by atoms with van der Waals surface area (Å²) in [6.07, 6.45) is 1.14. The summed E-state index contributed by atoms with van der Waals surface area (Å²) in [4.78, 5) is 2.38. The Bertz CT molecular complexity index is 279. The van der Waals surface area contributed by atoms with Crippen molar-refractivity contribution >= 4 is 0 Å². The summed E-state index contributed by atoms with van der Waals surface area (Å²) in [5.74, 6) is 0. The quantitative estimate of drug-likeness (QED) is 0.708. The van der Waals surface area contributed by atoms with Crippen LogP contribution in [0.25, 0.3) is 0 Å². The lowest BCUT2D eigenvalue weighted by molar-refractivity contribution is 0.337. The molecule has 0 radical (unpaired) electrons. The van der Waals surface area contributed by atoms with Gasteiger partial charge in [-0.2, -0.15) is 0 Å². The average Bonchev–Trinajstić information content (AvgIpc) is 2.29. The van der Waals surface area contributed by atoms with Crippen molar-refractivity contribution in [2.24, 2.45) is 0 Å². The minimum atomic E-state index is 1.06. The van der Waals surface area contributed by atoms with Gasteiger partial charge in [0.05, 0.1) is 0 Å². The molecular weight excluding hydrogens is 196 g/mol. The van der Waals surface area contributed by atoms with E-state index in [1.165, 1.54) is 11.1 Å². The Balaban J connectivity index is 2.20. The van der Waals surface area contributed by atoms with Crippen LogP contribution < -0.4 is 5.32 Å². The number of hydrogen-bond donors (Lipinski definition) is 1. The van der Waals surface area contributed by atoms with Gasteiger partial charge in [0, 0.05) is 19.6 Å². The monoisotopic (exact) mass is 220 g/mol. The van der Waals surface area contributed by atoms with Crippen LogP contribution in [-0.4, -0.2) is 38.1 Å². The highest BCUT2D eigenvalue weighted by atomic mass is 15.1. The molecule has 2 nitrogen and oxygen atoms in total. The minimum absolute atomic E-state index is 1.06. The van der Waals surface area contributed by atoms with Crippen LogP contribution in [0.5, 0.6) is 0 Å². The van der Waals surface area contributed by atoms with Gasteiger partial charge in [0.2, 0.25) is 0 Å². The largest absolute Gasteiger partial charge is 0.316 e. The number of likely N-dealkylation sites (N-methyl/N-ethyl adjacent to an activating group) is 2. The molecule has 2 heteroatoms. The molecule has 0 amide bonds. The van der Waals surface area contributed by atoms with Crippen LogP contribution in [0.4, 0.5) is 0 Å². The van der Waals surface area contributed by atoms with Crippen LogP contribution in [0.2, 0.25) is 0 Å². The maximum atomic E-state index is 3.34. The van der Waals surface area contributed by atoms with Crippen molar-refractivity contribution in [1.29, 1.82) is 0 Å². The zero-order valence-electron chi connectivity index (χ0n) is 10.8. The van der Waals surface area contributed by atoms with Gasteiger partial charge in [-0.1, -0.05) is 36.8 Å². The lowest BCUT2D eigenvalue weighted by Crippen LogP contribution is -2.30. The van der Waals surface area contributed by atoms with Crippen LogP contribution in [0.1, 0.15) is 18.1 Å². The maximum absolute atomic E-state index is 3.34. The van der Waals surface area contributed by atoms with Gasteiger partial charge in [-0.05, 0) is 32.5 Å². The van der Waals surface area contributed by atoms with Gasteiger partial charge in [-0.15, -0.1) is 0 Å². The highest BCUT2D eigenvalue weighted by Gasteiger charge is 1.98. The number of nitrogens with zero attached hydrogens (tertiary/aromatic N) is 1. The van der Waals surface area contributed by atoms with E-state index in [9.17, 15) is 0 Å². The van der Waals surface area contributed by atoms with Crippen molar-refractivity contribution in [3.05, 3.63) is 35.4 Å². The number of benzene rings is 1. The Hall–Kier alpha value is -0.860. The van der Waals surface area contributed by atoms with E-state index in [4.69, 9.17) is 0 Å². The van der Waals surface area contributed by atoms with E-state index in [1.54, 1.807) is 0 Å². The Morgan fingerprint density at radius 2 is 1.81 bits per heavy atom. The van der Waals surface area contributed by atoms with Gasteiger partial charge in [0.15, 0.2) is 0 Å². The van der Waals surface area contributed by atoms with Gasteiger partial charge in [-0.25, -0.2) is 0 Å². The fraction of sp³-hybridized carbons (Fsp3) is 0.571. The SMILES string of the molecule is CCNCCN(C)CCc1ccc(C)cc1. The van der Waals surface area contributed by atoms with Crippen molar-refractivity contribution in [2.75, 3.05) is 33.2 Å². The molecule has 0 fully saturated rings. The number of nitrogens with one attached hydrogen (secondary N) is 1. The van der Waals surface area contributed by atoms with Crippen LogP contribution in [-0.2, 0) is 6.42 Å². The van der Waals surface area contributed by atoms with Gasteiger partial charge >= 0.3 is 0 Å². The molecule has 0 aliphatic carbocycles. The maximum Gasteiger partial charge on any atom is 0.0104 e. The number of aryl methyl sites for hydroxylation is 1. The molecule has 90 valence electrons. The van der Waals surface area contributed by atoms with Crippen molar-refractivity contribution < 1.29 is 0 Å². The summed E-state index contributed by atoms with van der Waals surface area (Å²) in [6.45, 7) is 8.68. The zero-order valence-corrected chi connectivity index (χ0v) is 10.8. The minimum Gasteiger partial charge on any atom is -0.316 e. The highest BCUT2D eigenvalue weighted by molar-refractivity contribution is 5.21. The highest BCUT2D eigenvalue weighted by Crippen LogP contribution is 2.04.